The molecular formula is C22H23N5. The number of H-pyrrole nitrogens is 1. The van der Waals surface area contributed by atoms with Crippen molar-refractivity contribution < 1.29 is 0 Å². The molecule has 0 spiro atoms. The van der Waals surface area contributed by atoms with E-state index in [-0.39, 0.29) is 0 Å². The minimum atomic E-state index is 0.526. The Morgan fingerprint density at radius 1 is 1.00 bits per heavy atom. The molecule has 3 aromatic heterocycles. The lowest BCUT2D eigenvalue weighted by atomic mass is 9.88. The molecule has 0 aliphatic carbocycles. The van der Waals surface area contributed by atoms with Crippen LogP contribution in [0, 0.1) is 0 Å². The SMILES string of the molecule is CN1CCC(c2cccc(-c3cnc4[nH]c5cnc(N)cc5c4c3)c2)CC1. The molecule has 136 valence electrons. The molecule has 4 aromatic rings. The number of piperidine rings is 1. The third-order valence-electron chi connectivity index (χ3n) is 5.77. The predicted molar refractivity (Wildman–Crippen MR) is 111 cm³/mol. The molecule has 0 amide bonds. The Morgan fingerprint density at radius 3 is 2.70 bits per heavy atom. The zero-order chi connectivity index (χ0) is 18.4. The zero-order valence-corrected chi connectivity index (χ0v) is 15.4. The molecule has 27 heavy (non-hydrogen) atoms. The normalized spacial score (nSPS) is 16.3. The van der Waals surface area contributed by atoms with E-state index in [4.69, 9.17) is 5.73 Å². The average Bonchev–Trinajstić information content (AvgIpc) is 3.06. The van der Waals surface area contributed by atoms with Crippen LogP contribution in [-0.2, 0) is 0 Å². The van der Waals surface area contributed by atoms with Gasteiger partial charge in [0.15, 0.2) is 0 Å². The Balaban J connectivity index is 1.56. The minimum Gasteiger partial charge on any atom is -0.384 e. The summed E-state index contributed by atoms with van der Waals surface area (Å²) in [6.07, 6.45) is 6.17. The fraction of sp³-hybridized carbons (Fsp3) is 0.273. The molecule has 5 rings (SSSR count). The molecular weight excluding hydrogens is 334 g/mol. The third kappa shape index (κ3) is 2.94. The lowest BCUT2D eigenvalue weighted by Crippen LogP contribution is -2.29. The van der Waals surface area contributed by atoms with Gasteiger partial charge >= 0.3 is 0 Å². The molecule has 5 heteroatoms. The Kier molecular flexibility index (Phi) is 3.83. The van der Waals surface area contributed by atoms with Crippen LogP contribution >= 0.6 is 0 Å². The summed E-state index contributed by atoms with van der Waals surface area (Å²) < 4.78 is 0. The second-order valence-corrected chi connectivity index (χ2v) is 7.60. The average molecular weight is 357 g/mol. The number of nitrogens with one attached hydrogen (secondary N) is 1. The van der Waals surface area contributed by atoms with Gasteiger partial charge < -0.3 is 15.6 Å². The van der Waals surface area contributed by atoms with Crippen molar-refractivity contribution in [2.45, 2.75) is 18.8 Å². The standard InChI is InChI=1S/C22H23N5/c1-27-7-5-14(6-8-27)15-3-2-4-16(9-15)17-10-19-18-11-21(23)24-13-20(18)26-22(19)25-12-17/h2-4,9-14H,5-8H2,1H3,(H2,23,24)(H,25,26). The van der Waals surface area contributed by atoms with Crippen LogP contribution in [-0.4, -0.2) is 40.0 Å². The number of anilines is 1. The zero-order valence-electron chi connectivity index (χ0n) is 15.4. The maximum Gasteiger partial charge on any atom is 0.138 e. The molecule has 0 unspecified atom stereocenters. The number of fused-ring (bicyclic) bond motifs is 3. The summed E-state index contributed by atoms with van der Waals surface area (Å²) in [7, 11) is 2.21. The number of pyridine rings is 2. The van der Waals surface area contributed by atoms with Gasteiger partial charge in [0.2, 0.25) is 0 Å². The monoisotopic (exact) mass is 357 g/mol. The van der Waals surface area contributed by atoms with Gasteiger partial charge in [-0.15, -0.1) is 0 Å². The third-order valence-corrected chi connectivity index (χ3v) is 5.77. The lowest BCUT2D eigenvalue weighted by molar-refractivity contribution is 0.255. The molecule has 1 fully saturated rings. The fourth-order valence-corrected chi connectivity index (χ4v) is 4.16. The van der Waals surface area contributed by atoms with E-state index >= 15 is 0 Å². The molecule has 3 N–H and O–H groups in total. The first kappa shape index (κ1) is 16.3. The molecule has 1 aromatic carbocycles. The number of nitrogens with two attached hydrogens (primary N) is 1. The first-order valence-electron chi connectivity index (χ1n) is 9.49. The molecule has 4 heterocycles. The van der Waals surface area contributed by atoms with Crippen LogP contribution in [0.2, 0.25) is 0 Å². The van der Waals surface area contributed by atoms with Gasteiger partial charge in [0.25, 0.3) is 0 Å². The Morgan fingerprint density at radius 2 is 1.85 bits per heavy atom. The Labute approximate surface area is 158 Å². The first-order chi connectivity index (χ1) is 13.2. The van der Waals surface area contributed by atoms with Gasteiger partial charge in [0.1, 0.15) is 11.5 Å². The second kappa shape index (κ2) is 6.35. The summed E-state index contributed by atoms with van der Waals surface area (Å²) in [5.41, 5.74) is 11.5. The number of hydrogen-bond donors (Lipinski definition) is 2. The van der Waals surface area contributed by atoms with Crippen molar-refractivity contribution in [1.82, 2.24) is 19.9 Å². The van der Waals surface area contributed by atoms with Crippen molar-refractivity contribution in [1.29, 1.82) is 0 Å². The number of nitrogens with zero attached hydrogens (tertiary/aromatic N) is 3. The highest BCUT2D eigenvalue weighted by Gasteiger charge is 2.18. The van der Waals surface area contributed by atoms with E-state index in [0.29, 0.717) is 11.7 Å². The van der Waals surface area contributed by atoms with E-state index in [1.165, 1.54) is 37.1 Å². The molecule has 0 radical (unpaired) electrons. The summed E-state index contributed by atoms with van der Waals surface area (Å²) in [5.74, 6) is 1.18. The quantitative estimate of drug-likeness (QED) is 0.565. The Hall–Kier alpha value is -2.92. The second-order valence-electron chi connectivity index (χ2n) is 7.60. The van der Waals surface area contributed by atoms with Crippen LogP contribution in [0.15, 0.2) is 48.8 Å². The highest BCUT2D eigenvalue weighted by Crippen LogP contribution is 2.32. The van der Waals surface area contributed by atoms with Gasteiger partial charge in [-0.25, -0.2) is 9.97 Å². The number of rotatable bonds is 2. The summed E-state index contributed by atoms with van der Waals surface area (Å²) >= 11 is 0. The number of benzene rings is 1. The van der Waals surface area contributed by atoms with E-state index in [9.17, 15) is 0 Å². The number of nitrogen functional groups attached to an aromatic ring is 1. The van der Waals surface area contributed by atoms with Gasteiger partial charge in [-0.05, 0) is 62.2 Å². The molecule has 5 nitrogen and oxygen atoms in total. The first-order valence-corrected chi connectivity index (χ1v) is 9.49. The maximum atomic E-state index is 5.89. The van der Waals surface area contributed by atoms with Gasteiger partial charge in [-0.2, -0.15) is 0 Å². The molecule has 0 bridgehead atoms. The lowest BCUT2D eigenvalue weighted by Gasteiger charge is -2.29. The van der Waals surface area contributed by atoms with E-state index in [1.807, 2.05) is 12.3 Å². The highest BCUT2D eigenvalue weighted by molar-refractivity contribution is 6.07. The van der Waals surface area contributed by atoms with Crippen LogP contribution < -0.4 is 5.73 Å². The van der Waals surface area contributed by atoms with Crippen LogP contribution in [0.5, 0.6) is 0 Å². The molecule has 1 aliphatic rings. The van der Waals surface area contributed by atoms with E-state index in [0.717, 1.165) is 27.5 Å². The van der Waals surface area contributed by atoms with Crippen LogP contribution in [0.4, 0.5) is 5.82 Å². The van der Waals surface area contributed by atoms with Gasteiger partial charge in [-0.1, -0.05) is 24.3 Å². The number of hydrogen-bond acceptors (Lipinski definition) is 4. The van der Waals surface area contributed by atoms with Crippen LogP contribution in [0.3, 0.4) is 0 Å². The van der Waals surface area contributed by atoms with Gasteiger partial charge in [0, 0.05) is 22.5 Å². The topological polar surface area (TPSA) is 70.8 Å². The predicted octanol–water partition coefficient (Wildman–Crippen LogP) is 4.17. The molecule has 1 aliphatic heterocycles. The molecule has 1 saturated heterocycles. The number of aromatic amines is 1. The maximum absolute atomic E-state index is 5.89. The van der Waals surface area contributed by atoms with Crippen molar-refractivity contribution in [3.8, 4) is 11.1 Å². The molecule has 0 saturated carbocycles. The van der Waals surface area contributed by atoms with E-state index in [2.05, 4.69) is 57.2 Å². The van der Waals surface area contributed by atoms with Crippen molar-refractivity contribution in [2.75, 3.05) is 25.9 Å². The largest absolute Gasteiger partial charge is 0.384 e. The Bertz CT molecular complexity index is 1120. The van der Waals surface area contributed by atoms with Gasteiger partial charge in [-0.3, -0.25) is 0 Å². The van der Waals surface area contributed by atoms with Crippen LogP contribution in [0.1, 0.15) is 24.3 Å². The van der Waals surface area contributed by atoms with E-state index < -0.39 is 0 Å². The van der Waals surface area contributed by atoms with Crippen LogP contribution in [0.25, 0.3) is 33.1 Å². The summed E-state index contributed by atoms with van der Waals surface area (Å²) in [5, 5.41) is 2.15. The number of aromatic nitrogens is 3. The molecule has 0 atom stereocenters. The highest BCUT2D eigenvalue weighted by atomic mass is 15.1. The van der Waals surface area contributed by atoms with Crippen molar-refractivity contribution in [3.63, 3.8) is 0 Å². The van der Waals surface area contributed by atoms with Crippen molar-refractivity contribution in [2.24, 2.45) is 0 Å². The summed E-state index contributed by atoms with van der Waals surface area (Å²) in [6.45, 7) is 2.35. The fourth-order valence-electron chi connectivity index (χ4n) is 4.16. The van der Waals surface area contributed by atoms with E-state index in [1.54, 1.807) is 6.20 Å². The van der Waals surface area contributed by atoms with Gasteiger partial charge in [0.05, 0.1) is 11.7 Å². The summed E-state index contributed by atoms with van der Waals surface area (Å²) in [6, 6.07) is 13.1. The number of likely N-dealkylation sites (tertiary alicyclic amines) is 1. The van der Waals surface area contributed by atoms with Crippen molar-refractivity contribution >= 4 is 27.8 Å². The minimum absolute atomic E-state index is 0.526. The smallest absolute Gasteiger partial charge is 0.138 e. The summed E-state index contributed by atoms with van der Waals surface area (Å²) in [4.78, 5) is 14.5. The van der Waals surface area contributed by atoms with Crippen molar-refractivity contribution in [3.05, 3.63) is 54.4 Å².